The Balaban J connectivity index is 2.41. The van der Waals surface area contributed by atoms with Crippen molar-refractivity contribution in [1.82, 2.24) is 4.98 Å². The molecule has 1 saturated carbocycles. The monoisotopic (exact) mass is 286 g/mol. The molecule has 0 unspecified atom stereocenters. The molecule has 1 aromatic heterocycles. The Morgan fingerprint density at radius 1 is 1.57 bits per heavy atom. The third kappa shape index (κ3) is 3.96. The Labute approximate surface area is 124 Å². The summed E-state index contributed by atoms with van der Waals surface area (Å²) in [7, 11) is 0. The van der Waals surface area contributed by atoms with Crippen molar-refractivity contribution in [3.05, 3.63) is 35.3 Å². The first-order chi connectivity index (χ1) is 10.2. The van der Waals surface area contributed by atoms with Crippen LogP contribution in [0.1, 0.15) is 49.9 Å². The zero-order valence-electron chi connectivity index (χ0n) is 12.4. The van der Waals surface area contributed by atoms with Gasteiger partial charge in [0.1, 0.15) is 12.6 Å². The van der Waals surface area contributed by atoms with Crippen molar-refractivity contribution in [2.45, 2.75) is 39.8 Å². The van der Waals surface area contributed by atoms with Gasteiger partial charge in [-0.3, -0.25) is 9.98 Å². The Hall–Kier alpha value is -2.06. The van der Waals surface area contributed by atoms with Crippen LogP contribution >= 0.6 is 0 Å². The smallest absolute Gasteiger partial charge is 0.126 e. The number of aromatic nitrogens is 1. The topological polar surface area (TPSA) is 42.3 Å². The lowest BCUT2D eigenvalue weighted by Crippen LogP contribution is -1.96. The van der Waals surface area contributed by atoms with Gasteiger partial charge in [0, 0.05) is 35.3 Å². The standard InChI is InChI=1S/C17H19FN2O/c1-3-14(11-19-12(2)15-4-5-15)16-8-13(9-18)10-20-17(16)6-7-21/h6,8,10-11,15H,3-5,9H2,1-2H3/b14-11+,19-12+. The van der Waals surface area contributed by atoms with Gasteiger partial charge in [-0.15, -0.1) is 0 Å². The van der Waals surface area contributed by atoms with E-state index in [4.69, 9.17) is 0 Å². The highest BCUT2D eigenvalue weighted by Crippen LogP contribution is 2.31. The lowest BCUT2D eigenvalue weighted by molar-refractivity contribution is 0.484. The highest BCUT2D eigenvalue weighted by atomic mass is 19.1. The summed E-state index contributed by atoms with van der Waals surface area (Å²) in [5, 5.41) is 0. The van der Waals surface area contributed by atoms with Gasteiger partial charge in [0.15, 0.2) is 0 Å². The van der Waals surface area contributed by atoms with E-state index in [-0.39, 0.29) is 0 Å². The highest BCUT2D eigenvalue weighted by Gasteiger charge is 2.23. The van der Waals surface area contributed by atoms with Crippen LogP contribution in [0, 0.1) is 5.92 Å². The van der Waals surface area contributed by atoms with E-state index < -0.39 is 6.67 Å². The van der Waals surface area contributed by atoms with E-state index in [2.05, 4.69) is 9.98 Å². The van der Waals surface area contributed by atoms with Crippen molar-refractivity contribution < 1.29 is 9.18 Å². The molecule has 0 aliphatic heterocycles. The van der Waals surface area contributed by atoms with E-state index in [1.807, 2.05) is 20.0 Å². The molecule has 4 heteroatoms. The lowest BCUT2D eigenvalue weighted by atomic mass is 10.0. The van der Waals surface area contributed by atoms with Gasteiger partial charge in [-0.1, -0.05) is 6.92 Å². The third-order valence-corrected chi connectivity index (χ3v) is 3.64. The minimum absolute atomic E-state index is 0.496. The largest absolute Gasteiger partial charge is 0.265 e. The number of carbonyl (C=O) groups excluding carboxylic acids is 1. The predicted octanol–water partition coefficient (Wildman–Crippen LogP) is 4.02. The molecule has 1 heterocycles. The molecule has 0 bridgehead atoms. The molecule has 0 spiro atoms. The number of halogens is 1. The zero-order valence-corrected chi connectivity index (χ0v) is 12.4. The summed E-state index contributed by atoms with van der Waals surface area (Å²) in [6.07, 6.45) is 7.69. The van der Waals surface area contributed by atoms with Gasteiger partial charge >= 0.3 is 0 Å². The average Bonchev–Trinajstić information content (AvgIpc) is 3.34. The summed E-state index contributed by atoms with van der Waals surface area (Å²) in [6, 6.07) is 1.73. The van der Waals surface area contributed by atoms with Crippen molar-refractivity contribution >= 4 is 23.3 Å². The molecule has 21 heavy (non-hydrogen) atoms. The molecule has 110 valence electrons. The summed E-state index contributed by atoms with van der Waals surface area (Å²) < 4.78 is 12.8. The van der Waals surface area contributed by atoms with Crippen LogP contribution in [0.2, 0.25) is 0 Å². The Morgan fingerprint density at radius 3 is 2.90 bits per heavy atom. The minimum atomic E-state index is -0.577. The predicted molar refractivity (Wildman–Crippen MR) is 83.3 cm³/mol. The molecule has 1 aliphatic carbocycles. The lowest BCUT2D eigenvalue weighted by Gasteiger charge is -2.09. The second kappa shape index (κ2) is 7.09. The summed E-state index contributed by atoms with van der Waals surface area (Å²) in [4.78, 5) is 19.3. The maximum Gasteiger partial charge on any atom is 0.126 e. The van der Waals surface area contributed by atoms with Gasteiger partial charge in [0.2, 0.25) is 0 Å². The quantitative estimate of drug-likeness (QED) is 0.585. The molecule has 2 rings (SSSR count). The van der Waals surface area contributed by atoms with E-state index in [0.717, 1.165) is 23.3 Å². The van der Waals surface area contributed by atoms with Crippen LogP contribution in [0.15, 0.2) is 23.5 Å². The van der Waals surface area contributed by atoms with Crippen LogP contribution in [0.5, 0.6) is 0 Å². The second-order valence-corrected chi connectivity index (χ2v) is 5.22. The van der Waals surface area contributed by atoms with Crippen LogP contribution in [-0.2, 0) is 11.5 Å². The molecular weight excluding hydrogens is 267 g/mol. The van der Waals surface area contributed by atoms with Crippen LogP contribution < -0.4 is 0 Å². The number of hydrogen-bond donors (Lipinski definition) is 0. The summed E-state index contributed by atoms with van der Waals surface area (Å²) >= 11 is 0. The fourth-order valence-corrected chi connectivity index (χ4v) is 2.16. The average molecular weight is 286 g/mol. The van der Waals surface area contributed by atoms with Crippen LogP contribution in [0.3, 0.4) is 0 Å². The normalized spacial score (nSPS) is 15.8. The molecule has 1 aliphatic rings. The number of aliphatic imine (C=N–C) groups is 1. The zero-order chi connectivity index (χ0) is 15.2. The van der Waals surface area contributed by atoms with E-state index >= 15 is 0 Å². The molecule has 0 saturated heterocycles. The first-order valence-electron chi connectivity index (χ1n) is 7.19. The van der Waals surface area contributed by atoms with Crippen LogP contribution in [-0.4, -0.2) is 16.6 Å². The maximum atomic E-state index is 12.8. The van der Waals surface area contributed by atoms with Gasteiger partial charge in [0.25, 0.3) is 0 Å². The van der Waals surface area contributed by atoms with Gasteiger partial charge in [0.05, 0.1) is 5.69 Å². The van der Waals surface area contributed by atoms with Crippen molar-refractivity contribution in [2.24, 2.45) is 10.9 Å². The second-order valence-electron chi connectivity index (χ2n) is 5.22. The van der Waals surface area contributed by atoms with Gasteiger partial charge in [-0.2, -0.15) is 0 Å². The minimum Gasteiger partial charge on any atom is -0.265 e. The van der Waals surface area contributed by atoms with Gasteiger partial charge < -0.3 is 0 Å². The van der Waals surface area contributed by atoms with Crippen molar-refractivity contribution in [3.63, 3.8) is 0 Å². The van der Waals surface area contributed by atoms with Crippen LogP contribution in [0.4, 0.5) is 4.39 Å². The SMILES string of the molecule is CC/C(=C\N=C(/C)C1CC1)c1cc(CF)cnc1C=C=O. The molecule has 1 fully saturated rings. The van der Waals surface area contributed by atoms with E-state index in [0.29, 0.717) is 17.2 Å². The van der Waals surface area contributed by atoms with Crippen LogP contribution in [0.25, 0.3) is 11.6 Å². The fourth-order valence-electron chi connectivity index (χ4n) is 2.16. The first kappa shape index (κ1) is 15.3. The number of rotatable bonds is 6. The maximum absolute atomic E-state index is 12.8. The first-order valence-corrected chi connectivity index (χ1v) is 7.19. The molecule has 3 nitrogen and oxygen atoms in total. The van der Waals surface area contributed by atoms with E-state index in [9.17, 15) is 9.18 Å². The molecule has 0 atom stereocenters. The van der Waals surface area contributed by atoms with Crippen molar-refractivity contribution in [2.75, 3.05) is 0 Å². The Morgan fingerprint density at radius 2 is 2.33 bits per heavy atom. The molecule has 0 amide bonds. The number of hydrogen-bond acceptors (Lipinski definition) is 3. The Bertz CT molecular complexity index is 624. The molecule has 0 aromatic carbocycles. The number of nitrogens with zero attached hydrogens (tertiary/aromatic N) is 2. The summed E-state index contributed by atoms with van der Waals surface area (Å²) in [5.74, 6) is 2.35. The summed E-state index contributed by atoms with van der Waals surface area (Å²) in [5.41, 5.74) is 3.83. The number of allylic oxidation sites excluding steroid dienone is 1. The summed E-state index contributed by atoms with van der Waals surface area (Å²) in [6.45, 7) is 3.46. The number of pyridine rings is 1. The molecule has 1 aromatic rings. The van der Waals surface area contributed by atoms with Crippen molar-refractivity contribution in [1.29, 1.82) is 0 Å². The van der Waals surface area contributed by atoms with Gasteiger partial charge in [-0.25, -0.2) is 9.18 Å². The van der Waals surface area contributed by atoms with Gasteiger partial charge in [-0.05, 0) is 43.7 Å². The van der Waals surface area contributed by atoms with Crippen molar-refractivity contribution in [3.8, 4) is 0 Å². The van der Waals surface area contributed by atoms with E-state index in [1.54, 1.807) is 12.0 Å². The molecule has 0 radical (unpaired) electrons. The highest BCUT2D eigenvalue weighted by molar-refractivity contribution is 5.88. The fraction of sp³-hybridized carbons (Fsp3) is 0.412. The molecular formula is C17H19FN2O. The molecule has 0 N–H and O–H groups in total. The van der Waals surface area contributed by atoms with E-state index in [1.165, 1.54) is 25.1 Å². The number of alkyl halides is 1. The third-order valence-electron chi connectivity index (χ3n) is 3.64. The Kier molecular flexibility index (Phi) is 5.18.